The molecule has 0 unspecified atom stereocenters. The van der Waals surface area contributed by atoms with Crippen molar-refractivity contribution in [3.8, 4) is 12.3 Å². The van der Waals surface area contributed by atoms with Gasteiger partial charge in [-0.15, -0.1) is 12.3 Å². The molecule has 0 radical (unpaired) electrons. The van der Waals surface area contributed by atoms with Crippen LogP contribution in [0.3, 0.4) is 0 Å². The molecule has 0 atom stereocenters. The van der Waals surface area contributed by atoms with Crippen molar-refractivity contribution in [3.63, 3.8) is 0 Å². The summed E-state index contributed by atoms with van der Waals surface area (Å²) in [5.41, 5.74) is 1.31. The van der Waals surface area contributed by atoms with Crippen molar-refractivity contribution in [1.82, 2.24) is 5.32 Å². The van der Waals surface area contributed by atoms with Crippen LogP contribution in [0.2, 0.25) is 5.02 Å². The summed E-state index contributed by atoms with van der Waals surface area (Å²) < 4.78 is 0. The molecule has 1 aromatic rings. The molecule has 1 saturated carbocycles. The van der Waals surface area contributed by atoms with Crippen molar-refractivity contribution in [2.24, 2.45) is 0 Å². The van der Waals surface area contributed by atoms with Crippen molar-refractivity contribution in [1.29, 1.82) is 0 Å². The second-order valence-corrected chi connectivity index (χ2v) is 5.41. The lowest BCUT2D eigenvalue weighted by atomic mass is 9.76. The van der Waals surface area contributed by atoms with Gasteiger partial charge in [0.05, 0.1) is 0 Å². The molecule has 0 saturated heterocycles. The van der Waals surface area contributed by atoms with Gasteiger partial charge < -0.3 is 5.32 Å². The van der Waals surface area contributed by atoms with Crippen LogP contribution in [0, 0.1) is 12.3 Å². The number of hydrogen-bond donors (Lipinski definition) is 1. The molecule has 0 amide bonds. The maximum absolute atomic E-state index is 6.20. The number of hydrogen-bond acceptors (Lipinski definition) is 1. The second-order valence-electron chi connectivity index (χ2n) is 5.00. The average Bonchev–Trinajstić information content (AvgIpc) is 2.33. The summed E-state index contributed by atoms with van der Waals surface area (Å²) in [5, 5.41) is 4.50. The quantitative estimate of drug-likeness (QED) is 0.603. The molecular weight excluding hydrogens is 242 g/mol. The summed E-state index contributed by atoms with van der Waals surface area (Å²) in [6.45, 7) is 1.08. The Kier molecular flexibility index (Phi) is 5.11. The molecule has 1 fully saturated rings. The van der Waals surface area contributed by atoms with Gasteiger partial charge in [-0.25, -0.2) is 0 Å². The van der Waals surface area contributed by atoms with Gasteiger partial charge in [0, 0.05) is 17.5 Å². The van der Waals surface area contributed by atoms with Gasteiger partial charge in [0.2, 0.25) is 0 Å². The van der Waals surface area contributed by atoms with E-state index >= 15 is 0 Å². The third-order valence-corrected chi connectivity index (χ3v) is 4.01. The molecule has 1 aliphatic carbocycles. The van der Waals surface area contributed by atoms with Crippen LogP contribution in [-0.2, 0) is 0 Å². The highest BCUT2D eigenvalue weighted by Crippen LogP contribution is 2.39. The van der Waals surface area contributed by atoms with E-state index in [1.165, 1.54) is 24.8 Å². The zero-order valence-electron chi connectivity index (χ0n) is 10.7. The molecule has 0 aliphatic heterocycles. The Hall–Kier alpha value is -0.970. The largest absolute Gasteiger partial charge is 0.314 e. The monoisotopic (exact) mass is 261 g/mol. The van der Waals surface area contributed by atoms with Crippen molar-refractivity contribution in [2.75, 3.05) is 6.54 Å². The standard InChI is InChI=1S/C16H20ClN/c1-2-3-4-7-10-18-14-11-13(12-14)15-8-5-6-9-16(15)17/h1,5-6,8-9,13-14,18H,3-4,7,10-12H2. The lowest BCUT2D eigenvalue weighted by molar-refractivity contribution is 0.290. The summed E-state index contributed by atoms with van der Waals surface area (Å²) in [6, 6.07) is 8.86. The molecule has 96 valence electrons. The van der Waals surface area contributed by atoms with Gasteiger partial charge in [-0.2, -0.15) is 0 Å². The molecule has 0 spiro atoms. The summed E-state index contributed by atoms with van der Waals surface area (Å²) in [5.74, 6) is 3.32. The first-order chi connectivity index (χ1) is 8.81. The van der Waals surface area contributed by atoms with Crippen LogP contribution in [0.25, 0.3) is 0 Å². The third kappa shape index (κ3) is 3.51. The first-order valence-corrected chi connectivity index (χ1v) is 7.10. The Bertz CT molecular complexity index is 415. The van der Waals surface area contributed by atoms with E-state index in [0.29, 0.717) is 12.0 Å². The summed E-state index contributed by atoms with van der Waals surface area (Å²) in [7, 11) is 0. The fourth-order valence-corrected chi connectivity index (χ4v) is 2.79. The lowest BCUT2D eigenvalue weighted by Crippen LogP contribution is -2.40. The minimum absolute atomic E-state index is 0.641. The van der Waals surface area contributed by atoms with Gasteiger partial charge in [0.25, 0.3) is 0 Å². The fourth-order valence-electron chi connectivity index (χ4n) is 2.50. The maximum atomic E-state index is 6.20. The van der Waals surface area contributed by atoms with Crippen LogP contribution < -0.4 is 5.32 Å². The first kappa shape index (κ1) is 13.5. The number of rotatable bonds is 6. The Balaban J connectivity index is 1.65. The zero-order valence-corrected chi connectivity index (χ0v) is 11.4. The van der Waals surface area contributed by atoms with Crippen LogP contribution in [0.5, 0.6) is 0 Å². The average molecular weight is 262 g/mol. The summed E-state index contributed by atoms with van der Waals surface area (Å²) in [6.07, 6.45) is 10.8. The van der Waals surface area contributed by atoms with Gasteiger partial charge in [-0.05, 0) is 49.8 Å². The molecule has 18 heavy (non-hydrogen) atoms. The Morgan fingerprint density at radius 3 is 2.78 bits per heavy atom. The maximum Gasteiger partial charge on any atom is 0.0440 e. The van der Waals surface area contributed by atoms with Crippen LogP contribution in [0.1, 0.15) is 43.6 Å². The van der Waals surface area contributed by atoms with E-state index in [2.05, 4.69) is 23.4 Å². The first-order valence-electron chi connectivity index (χ1n) is 6.72. The third-order valence-electron chi connectivity index (χ3n) is 3.66. The van der Waals surface area contributed by atoms with Gasteiger partial charge in [0.1, 0.15) is 0 Å². The molecule has 0 bridgehead atoms. The number of halogens is 1. The molecule has 2 heteroatoms. The minimum atomic E-state index is 0.641. The molecule has 1 nitrogen and oxygen atoms in total. The lowest BCUT2D eigenvalue weighted by Gasteiger charge is -2.36. The number of terminal acetylenes is 1. The van der Waals surface area contributed by atoms with Crippen molar-refractivity contribution in [2.45, 2.75) is 44.1 Å². The molecule has 2 rings (SSSR count). The van der Waals surface area contributed by atoms with E-state index in [1.807, 2.05) is 12.1 Å². The number of nitrogens with one attached hydrogen (secondary N) is 1. The number of unbranched alkanes of at least 4 members (excludes halogenated alkanes) is 2. The molecular formula is C16H20ClN. The minimum Gasteiger partial charge on any atom is -0.314 e. The van der Waals surface area contributed by atoms with Gasteiger partial charge >= 0.3 is 0 Å². The normalized spacial score (nSPS) is 22.2. The molecule has 1 aromatic carbocycles. The van der Waals surface area contributed by atoms with Gasteiger partial charge in [0.15, 0.2) is 0 Å². The van der Waals surface area contributed by atoms with E-state index < -0.39 is 0 Å². The van der Waals surface area contributed by atoms with Crippen molar-refractivity contribution in [3.05, 3.63) is 34.9 Å². The topological polar surface area (TPSA) is 12.0 Å². The Morgan fingerprint density at radius 2 is 2.06 bits per heavy atom. The highest BCUT2D eigenvalue weighted by atomic mass is 35.5. The Morgan fingerprint density at radius 1 is 1.28 bits per heavy atom. The van der Waals surface area contributed by atoms with E-state index in [0.717, 1.165) is 24.4 Å². The van der Waals surface area contributed by atoms with E-state index in [9.17, 15) is 0 Å². The predicted molar refractivity (Wildman–Crippen MR) is 77.9 cm³/mol. The highest BCUT2D eigenvalue weighted by Gasteiger charge is 2.30. The van der Waals surface area contributed by atoms with E-state index in [4.69, 9.17) is 18.0 Å². The van der Waals surface area contributed by atoms with Crippen LogP contribution >= 0.6 is 11.6 Å². The van der Waals surface area contributed by atoms with E-state index in [-0.39, 0.29) is 0 Å². The SMILES string of the molecule is C#CCCCCNC1CC(c2ccccc2Cl)C1. The highest BCUT2D eigenvalue weighted by molar-refractivity contribution is 6.31. The summed E-state index contributed by atoms with van der Waals surface area (Å²) >= 11 is 6.20. The van der Waals surface area contributed by atoms with Crippen molar-refractivity contribution >= 4 is 11.6 Å². The van der Waals surface area contributed by atoms with Crippen LogP contribution in [-0.4, -0.2) is 12.6 Å². The predicted octanol–water partition coefficient (Wildman–Crippen LogP) is 3.98. The molecule has 1 N–H and O–H groups in total. The van der Waals surface area contributed by atoms with Crippen LogP contribution in [0.15, 0.2) is 24.3 Å². The molecule has 0 heterocycles. The zero-order chi connectivity index (χ0) is 12.8. The van der Waals surface area contributed by atoms with E-state index in [1.54, 1.807) is 0 Å². The van der Waals surface area contributed by atoms with Gasteiger partial charge in [-0.3, -0.25) is 0 Å². The number of benzene rings is 1. The summed E-state index contributed by atoms with van der Waals surface area (Å²) in [4.78, 5) is 0. The van der Waals surface area contributed by atoms with Crippen LogP contribution in [0.4, 0.5) is 0 Å². The molecule has 1 aliphatic rings. The second kappa shape index (κ2) is 6.83. The Labute approximate surface area is 115 Å². The fraction of sp³-hybridized carbons (Fsp3) is 0.500. The molecule has 0 aromatic heterocycles. The van der Waals surface area contributed by atoms with Gasteiger partial charge in [-0.1, -0.05) is 29.8 Å². The smallest absolute Gasteiger partial charge is 0.0440 e. The van der Waals surface area contributed by atoms with Crippen molar-refractivity contribution < 1.29 is 0 Å².